The van der Waals surface area contributed by atoms with Crippen molar-refractivity contribution in [3.8, 4) is 0 Å². The summed E-state index contributed by atoms with van der Waals surface area (Å²) >= 11 is 0. The predicted molar refractivity (Wildman–Crippen MR) is 45.8 cm³/mol. The molecule has 6 nitrogen and oxygen atoms in total. The van der Waals surface area contributed by atoms with Crippen LogP contribution in [0.2, 0.25) is 0 Å². The summed E-state index contributed by atoms with van der Waals surface area (Å²) in [6.45, 7) is 0. The second-order valence-electron chi connectivity index (χ2n) is 3.42. The summed E-state index contributed by atoms with van der Waals surface area (Å²) in [5.74, 6) is 0.383. The van der Waals surface area contributed by atoms with Crippen molar-refractivity contribution in [1.82, 2.24) is 10.4 Å². The van der Waals surface area contributed by atoms with Crippen LogP contribution in [0.1, 0.15) is 25.0 Å². The highest BCUT2D eigenvalue weighted by molar-refractivity contribution is 7.86. The molecule has 1 aromatic heterocycles. The first kappa shape index (κ1) is 9.60. The summed E-state index contributed by atoms with van der Waals surface area (Å²) in [4.78, 5) is 0. The van der Waals surface area contributed by atoms with Crippen LogP contribution in [0.3, 0.4) is 0 Å². The molecule has 0 atom stereocenters. The third-order valence-corrected chi connectivity index (χ3v) is 2.90. The standard InChI is InChI=1S/C7H10N2O4S/c1-14(10,11)13-7(3-2-4-7)6-5-8-9-12-6/h5H,2-4H2,1H3. The van der Waals surface area contributed by atoms with Crippen molar-refractivity contribution in [2.24, 2.45) is 0 Å². The third kappa shape index (κ3) is 1.64. The van der Waals surface area contributed by atoms with Crippen molar-refractivity contribution in [2.75, 3.05) is 6.26 Å². The van der Waals surface area contributed by atoms with Gasteiger partial charge in [0.15, 0.2) is 5.76 Å². The van der Waals surface area contributed by atoms with Gasteiger partial charge in [-0.3, -0.25) is 4.18 Å². The Morgan fingerprint density at radius 2 is 2.29 bits per heavy atom. The zero-order valence-corrected chi connectivity index (χ0v) is 8.45. The van der Waals surface area contributed by atoms with Crippen LogP contribution in [-0.2, 0) is 19.9 Å². The summed E-state index contributed by atoms with van der Waals surface area (Å²) in [5, 5.41) is 6.81. The van der Waals surface area contributed by atoms with E-state index >= 15 is 0 Å². The largest absolute Gasteiger partial charge is 0.339 e. The lowest BCUT2D eigenvalue weighted by Gasteiger charge is -2.37. The Balaban J connectivity index is 2.27. The van der Waals surface area contributed by atoms with Crippen LogP contribution in [0.25, 0.3) is 0 Å². The molecule has 0 aromatic carbocycles. The first-order valence-electron chi connectivity index (χ1n) is 4.20. The molecule has 1 heterocycles. The van der Waals surface area contributed by atoms with Crippen molar-refractivity contribution >= 4 is 10.1 Å². The molecule has 14 heavy (non-hydrogen) atoms. The molecular weight excluding hydrogens is 208 g/mol. The maximum absolute atomic E-state index is 11.0. The van der Waals surface area contributed by atoms with Gasteiger partial charge in [0.25, 0.3) is 10.1 Å². The van der Waals surface area contributed by atoms with Crippen LogP contribution in [-0.4, -0.2) is 25.0 Å². The molecule has 78 valence electrons. The summed E-state index contributed by atoms with van der Waals surface area (Å²) < 4.78 is 31.9. The number of nitrogens with zero attached hydrogens (tertiary/aromatic N) is 2. The van der Waals surface area contributed by atoms with Crippen LogP contribution >= 0.6 is 0 Å². The van der Waals surface area contributed by atoms with Gasteiger partial charge in [0.05, 0.1) is 12.5 Å². The van der Waals surface area contributed by atoms with Gasteiger partial charge in [0, 0.05) is 5.27 Å². The Kier molecular flexibility index (Phi) is 2.07. The summed E-state index contributed by atoms with van der Waals surface area (Å²) in [6, 6.07) is 0. The van der Waals surface area contributed by atoms with Gasteiger partial charge in [0.1, 0.15) is 5.60 Å². The van der Waals surface area contributed by atoms with E-state index in [4.69, 9.17) is 8.71 Å². The van der Waals surface area contributed by atoms with Gasteiger partial charge in [-0.2, -0.15) is 8.42 Å². The van der Waals surface area contributed by atoms with E-state index in [0.717, 1.165) is 12.7 Å². The van der Waals surface area contributed by atoms with Crippen LogP contribution in [0.4, 0.5) is 0 Å². The van der Waals surface area contributed by atoms with Gasteiger partial charge >= 0.3 is 0 Å². The molecule has 0 bridgehead atoms. The Morgan fingerprint density at radius 1 is 1.57 bits per heavy atom. The van der Waals surface area contributed by atoms with E-state index in [1.54, 1.807) is 0 Å². The SMILES string of the molecule is CS(=O)(=O)OC1(c2cnno2)CCC1. The fourth-order valence-corrected chi connectivity index (χ4v) is 2.35. The number of rotatable bonds is 3. The number of hydrogen-bond donors (Lipinski definition) is 0. The van der Waals surface area contributed by atoms with E-state index < -0.39 is 15.7 Å². The minimum atomic E-state index is -3.48. The average molecular weight is 218 g/mol. The topological polar surface area (TPSA) is 82.3 Å². The van der Waals surface area contributed by atoms with E-state index in [1.807, 2.05) is 0 Å². The minimum Gasteiger partial charge on any atom is -0.339 e. The van der Waals surface area contributed by atoms with Gasteiger partial charge in [-0.1, -0.05) is 0 Å². The average Bonchev–Trinajstić information content (AvgIpc) is 2.46. The number of aromatic nitrogens is 2. The fraction of sp³-hybridized carbons (Fsp3) is 0.714. The lowest BCUT2D eigenvalue weighted by atomic mass is 9.79. The normalized spacial score (nSPS) is 20.4. The van der Waals surface area contributed by atoms with Gasteiger partial charge in [-0.15, -0.1) is 5.10 Å². The van der Waals surface area contributed by atoms with Crippen LogP contribution in [0.15, 0.2) is 10.7 Å². The Labute approximate surface area is 81.4 Å². The summed E-state index contributed by atoms with van der Waals surface area (Å²) in [7, 11) is -3.48. The van der Waals surface area contributed by atoms with Crippen LogP contribution in [0, 0.1) is 0 Å². The van der Waals surface area contributed by atoms with E-state index in [9.17, 15) is 8.42 Å². The van der Waals surface area contributed by atoms with Crippen molar-refractivity contribution in [3.05, 3.63) is 12.0 Å². The van der Waals surface area contributed by atoms with Gasteiger partial charge in [0.2, 0.25) is 0 Å². The van der Waals surface area contributed by atoms with Crippen molar-refractivity contribution in [2.45, 2.75) is 24.9 Å². The van der Waals surface area contributed by atoms with E-state index in [2.05, 4.69) is 10.4 Å². The fourth-order valence-electron chi connectivity index (χ4n) is 1.53. The lowest BCUT2D eigenvalue weighted by Crippen LogP contribution is -2.38. The first-order valence-corrected chi connectivity index (χ1v) is 6.02. The quantitative estimate of drug-likeness (QED) is 0.684. The molecule has 0 radical (unpaired) electrons. The highest BCUT2D eigenvalue weighted by atomic mass is 32.2. The van der Waals surface area contributed by atoms with Gasteiger partial charge < -0.3 is 4.52 Å². The Bertz CT molecular complexity index is 407. The van der Waals surface area contributed by atoms with Crippen LogP contribution < -0.4 is 0 Å². The molecule has 0 aliphatic heterocycles. The molecule has 0 N–H and O–H groups in total. The molecule has 2 rings (SSSR count). The molecule has 1 aromatic rings. The minimum absolute atomic E-state index is 0.383. The van der Waals surface area contributed by atoms with Gasteiger partial charge in [-0.25, -0.2) is 0 Å². The zero-order chi connectivity index (χ0) is 10.2. The Hall–Kier alpha value is -0.950. The van der Waals surface area contributed by atoms with E-state index in [0.29, 0.717) is 18.6 Å². The third-order valence-electron chi connectivity index (χ3n) is 2.28. The van der Waals surface area contributed by atoms with Crippen molar-refractivity contribution in [1.29, 1.82) is 0 Å². The maximum atomic E-state index is 11.0. The monoisotopic (exact) mass is 218 g/mol. The zero-order valence-electron chi connectivity index (χ0n) is 7.63. The summed E-state index contributed by atoms with van der Waals surface area (Å²) in [5.41, 5.74) is -0.850. The maximum Gasteiger partial charge on any atom is 0.265 e. The molecule has 7 heteroatoms. The second-order valence-corrected chi connectivity index (χ2v) is 4.99. The highest BCUT2D eigenvalue weighted by Crippen LogP contribution is 2.45. The second kappa shape index (κ2) is 3.03. The van der Waals surface area contributed by atoms with E-state index in [1.165, 1.54) is 6.20 Å². The highest BCUT2D eigenvalue weighted by Gasteiger charge is 2.46. The predicted octanol–water partition coefficient (Wildman–Crippen LogP) is 0.425. The molecule has 0 spiro atoms. The lowest BCUT2D eigenvalue weighted by molar-refractivity contribution is -0.0286. The molecule has 1 aliphatic rings. The van der Waals surface area contributed by atoms with E-state index in [-0.39, 0.29) is 0 Å². The molecule has 1 fully saturated rings. The molecule has 0 saturated heterocycles. The first-order chi connectivity index (χ1) is 6.52. The van der Waals surface area contributed by atoms with Gasteiger partial charge in [-0.05, 0) is 19.3 Å². The smallest absolute Gasteiger partial charge is 0.265 e. The summed E-state index contributed by atoms with van der Waals surface area (Å²) in [6.07, 6.45) is 4.57. The number of hydrogen-bond acceptors (Lipinski definition) is 6. The van der Waals surface area contributed by atoms with Crippen molar-refractivity contribution in [3.63, 3.8) is 0 Å². The molecule has 1 aliphatic carbocycles. The molecular formula is C7H10N2O4S. The Morgan fingerprint density at radius 3 is 2.64 bits per heavy atom. The molecule has 1 saturated carbocycles. The molecule has 0 amide bonds. The van der Waals surface area contributed by atoms with Crippen LogP contribution in [0.5, 0.6) is 0 Å². The van der Waals surface area contributed by atoms with Crippen molar-refractivity contribution < 1.29 is 17.1 Å². The molecule has 0 unspecified atom stereocenters.